The monoisotopic (exact) mass is 254 g/mol. The molecule has 1 aromatic rings. The zero-order valence-corrected chi connectivity index (χ0v) is 9.93. The SMILES string of the molecule is N#CCCC(=O)NCCc1ccc(F)c(Cl)c1. The van der Waals surface area contributed by atoms with Gasteiger partial charge in [-0.25, -0.2) is 4.39 Å². The molecule has 0 radical (unpaired) electrons. The summed E-state index contributed by atoms with van der Waals surface area (Å²) >= 11 is 5.63. The van der Waals surface area contributed by atoms with E-state index >= 15 is 0 Å². The molecule has 0 spiro atoms. The third-order valence-corrected chi connectivity index (χ3v) is 2.47. The van der Waals surface area contributed by atoms with Crippen LogP contribution >= 0.6 is 11.6 Å². The van der Waals surface area contributed by atoms with Crippen LogP contribution in [0.5, 0.6) is 0 Å². The van der Waals surface area contributed by atoms with Crippen LogP contribution in [0, 0.1) is 17.1 Å². The van der Waals surface area contributed by atoms with E-state index in [0.29, 0.717) is 13.0 Å². The molecule has 1 N–H and O–H groups in total. The number of halogens is 2. The molecule has 0 fully saturated rings. The van der Waals surface area contributed by atoms with E-state index in [1.54, 1.807) is 12.1 Å². The first-order valence-electron chi connectivity index (χ1n) is 5.21. The zero-order chi connectivity index (χ0) is 12.7. The number of hydrogen-bond donors (Lipinski definition) is 1. The number of amides is 1. The van der Waals surface area contributed by atoms with Gasteiger partial charge in [-0.3, -0.25) is 4.79 Å². The van der Waals surface area contributed by atoms with Crippen LogP contribution < -0.4 is 5.32 Å². The highest BCUT2D eigenvalue weighted by Crippen LogP contribution is 2.15. The summed E-state index contributed by atoms with van der Waals surface area (Å²) in [6.07, 6.45) is 1.01. The van der Waals surface area contributed by atoms with E-state index in [1.807, 2.05) is 6.07 Å². The second-order valence-electron chi connectivity index (χ2n) is 3.51. The lowest BCUT2D eigenvalue weighted by molar-refractivity contribution is -0.120. The van der Waals surface area contributed by atoms with Crippen molar-refractivity contribution in [1.82, 2.24) is 5.32 Å². The fraction of sp³-hybridized carbons (Fsp3) is 0.333. The molecule has 0 aliphatic carbocycles. The van der Waals surface area contributed by atoms with Crippen LogP contribution in [0.1, 0.15) is 18.4 Å². The molecule has 3 nitrogen and oxygen atoms in total. The molecule has 0 heterocycles. The van der Waals surface area contributed by atoms with Crippen LogP contribution in [0.15, 0.2) is 18.2 Å². The van der Waals surface area contributed by atoms with Crippen molar-refractivity contribution in [2.75, 3.05) is 6.54 Å². The normalized spacial score (nSPS) is 9.71. The van der Waals surface area contributed by atoms with Gasteiger partial charge in [0.15, 0.2) is 0 Å². The summed E-state index contributed by atoms with van der Waals surface area (Å²) in [4.78, 5) is 11.2. The van der Waals surface area contributed by atoms with Crippen molar-refractivity contribution >= 4 is 17.5 Å². The number of nitrogens with zero attached hydrogens (tertiary/aromatic N) is 1. The third-order valence-electron chi connectivity index (χ3n) is 2.18. The van der Waals surface area contributed by atoms with E-state index in [0.717, 1.165) is 5.56 Å². The highest BCUT2D eigenvalue weighted by molar-refractivity contribution is 6.30. The fourth-order valence-electron chi connectivity index (χ4n) is 1.30. The van der Waals surface area contributed by atoms with Gasteiger partial charge in [0, 0.05) is 19.4 Å². The van der Waals surface area contributed by atoms with Crippen molar-refractivity contribution in [2.45, 2.75) is 19.3 Å². The van der Waals surface area contributed by atoms with Crippen LogP contribution in [0.25, 0.3) is 0 Å². The lowest BCUT2D eigenvalue weighted by atomic mass is 10.1. The predicted octanol–water partition coefficient (Wildman–Crippen LogP) is 2.44. The number of hydrogen-bond acceptors (Lipinski definition) is 2. The Bertz CT molecular complexity index is 443. The molecule has 1 aromatic carbocycles. The van der Waals surface area contributed by atoms with E-state index in [2.05, 4.69) is 5.32 Å². The van der Waals surface area contributed by atoms with Crippen molar-refractivity contribution in [3.05, 3.63) is 34.6 Å². The maximum Gasteiger partial charge on any atom is 0.221 e. The highest BCUT2D eigenvalue weighted by atomic mass is 35.5. The molecule has 0 atom stereocenters. The van der Waals surface area contributed by atoms with Crippen LogP contribution in [-0.2, 0) is 11.2 Å². The standard InChI is InChI=1S/C12H12ClFN2O/c13-10-8-9(3-4-11(10)14)5-7-16-12(17)2-1-6-15/h3-4,8H,1-2,5,7H2,(H,16,17). The summed E-state index contributed by atoms with van der Waals surface area (Å²) in [5.41, 5.74) is 0.858. The van der Waals surface area contributed by atoms with E-state index in [-0.39, 0.29) is 23.8 Å². The van der Waals surface area contributed by atoms with Crippen molar-refractivity contribution in [2.24, 2.45) is 0 Å². The van der Waals surface area contributed by atoms with Gasteiger partial charge < -0.3 is 5.32 Å². The van der Waals surface area contributed by atoms with Gasteiger partial charge in [-0.2, -0.15) is 5.26 Å². The van der Waals surface area contributed by atoms with Gasteiger partial charge in [0.25, 0.3) is 0 Å². The highest BCUT2D eigenvalue weighted by Gasteiger charge is 2.02. The maximum atomic E-state index is 12.9. The molecule has 0 aliphatic heterocycles. The maximum absolute atomic E-state index is 12.9. The zero-order valence-electron chi connectivity index (χ0n) is 9.17. The van der Waals surface area contributed by atoms with Gasteiger partial charge in [0.05, 0.1) is 11.1 Å². The number of benzene rings is 1. The summed E-state index contributed by atoms with van der Waals surface area (Å²) < 4.78 is 12.9. The molecule has 0 saturated heterocycles. The van der Waals surface area contributed by atoms with E-state index in [4.69, 9.17) is 16.9 Å². The van der Waals surface area contributed by atoms with E-state index in [1.165, 1.54) is 6.07 Å². The molecular weight excluding hydrogens is 243 g/mol. The first-order valence-corrected chi connectivity index (χ1v) is 5.59. The Labute approximate surface area is 104 Å². The average molecular weight is 255 g/mol. The Morgan fingerprint density at radius 1 is 1.53 bits per heavy atom. The molecule has 0 bridgehead atoms. The van der Waals surface area contributed by atoms with Crippen LogP contribution in [-0.4, -0.2) is 12.5 Å². The lowest BCUT2D eigenvalue weighted by Crippen LogP contribution is -2.25. The van der Waals surface area contributed by atoms with E-state index in [9.17, 15) is 9.18 Å². The number of rotatable bonds is 5. The smallest absolute Gasteiger partial charge is 0.221 e. The Kier molecular flexibility index (Phi) is 5.44. The quantitative estimate of drug-likeness (QED) is 0.877. The van der Waals surface area contributed by atoms with Gasteiger partial charge in [0.1, 0.15) is 5.82 Å². The number of nitrogens with one attached hydrogen (secondary N) is 1. The van der Waals surface area contributed by atoms with Crippen LogP contribution in [0.4, 0.5) is 4.39 Å². The van der Waals surface area contributed by atoms with Crippen molar-refractivity contribution in [3.63, 3.8) is 0 Å². The van der Waals surface area contributed by atoms with Gasteiger partial charge in [-0.1, -0.05) is 17.7 Å². The van der Waals surface area contributed by atoms with Crippen LogP contribution in [0.2, 0.25) is 5.02 Å². The Balaban J connectivity index is 2.33. The van der Waals surface area contributed by atoms with E-state index < -0.39 is 5.82 Å². The summed E-state index contributed by atoms with van der Waals surface area (Å²) in [6.45, 7) is 0.451. The van der Waals surface area contributed by atoms with Gasteiger partial charge in [0.2, 0.25) is 5.91 Å². The van der Waals surface area contributed by atoms with Gasteiger partial charge >= 0.3 is 0 Å². The first kappa shape index (κ1) is 13.5. The number of carbonyl (C=O) groups excluding carboxylic acids is 1. The van der Waals surface area contributed by atoms with Crippen molar-refractivity contribution in [3.8, 4) is 6.07 Å². The molecule has 0 aliphatic rings. The second-order valence-corrected chi connectivity index (χ2v) is 3.91. The minimum Gasteiger partial charge on any atom is -0.356 e. The molecule has 1 rings (SSSR count). The number of carbonyl (C=O) groups is 1. The minimum atomic E-state index is -0.450. The Morgan fingerprint density at radius 3 is 2.94 bits per heavy atom. The molecular formula is C12H12ClFN2O. The predicted molar refractivity (Wildman–Crippen MR) is 63.0 cm³/mol. The molecule has 5 heteroatoms. The number of nitriles is 1. The van der Waals surface area contributed by atoms with Crippen molar-refractivity contribution < 1.29 is 9.18 Å². The molecule has 0 saturated carbocycles. The summed E-state index contributed by atoms with van der Waals surface area (Å²) in [6, 6.07) is 6.37. The molecule has 90 valence electrons. The Hall–Kier alpha value is -1.60. The molecule has 0 unspecified atom stereocenters. The van der Waals surface area contributed by atoms with Gasteiger partial charge in [-0.05, 0) is 24.1 Å². The van der Waals surface area contributed by atoms with Crippen molar-refractivity contribution in [1.29, 1.82) is 5.26 Å². The fourth-order valence-corrected chi connectivity index (χ4v) is 1.50. The summed E-state index contributed by atoms with van der Waals surface area (Å²) in [5, 5.41) is 11.0. The molecule has 1 amide bonds. The largest absolute Gasteiger partial charge is 0.356 e. The lowest BCUT2D eigenvalue weighted by Gasteiger charge is -2.04. The molecule has 17 heavy (non-hydrogen) atoms. The summed E-state index contributed by atoms with van der Waals surface area (Å²) in [7, 11) is 0. The third kappa shape index (κ3) is 4.83. The van der Waals surface area contributed by atoms with Crippen LogP contribution in [0.3, 0.4) is 0 Å². The topological polar surface area (TPSA) is 52.9 Å². The first-order chi connectivity index (χ1) is 8.13. The minimum absolute atomic E-state index is 0.0818. The second kappa shape index (κ2) is 6.87. The molecule has 0 aromatic heterocycles. The Morgan fingerprint density at radius 2 is 2.29 bits per heavy atom. The average Bonchev–Trinajstić information content (AvgIpc) is 2.31. The van der Waals surface area contributed by atoms with Gasteiger partial charge in [-0.15, -0.1) is 0 Å². The summed E-state index contributed by atoms with van der Waals surface area (Å²) in [5.74, 6) is -0.603.